The van der Waals surface area contributed by atoms with Crippen molar-refractivity contribution in [3.8, 4) is 5.69 Å². The molecular weight excluding hydrogens is 410 g/mol. The van der Waals surface area contributed by atoms with Crippen molar-refractivity contribution in [1.82, 2.24) is 14.8 Å². The Morgan fingerprint density at radius 2 is 1.80 bits per heavy atom. The van der Waals surface area contributed by atoms with Gasteiger partial charge in [-0.2, -0.15) is 0 Å². The third-order valence-electron chi connectivity index (χ3n) is 4.22. The van der Waals surface area contributed by atoms with Crippen LogP contribution < -0.4 is 5.32 Å². The van der Waals surface area contributed by atoms with Gasteiger partial charge in [-0.25, -0.2) is 4.39 Å². The summed E-state index contributed by atoms with van der Waals surface area (Å²) in [5, 5.41) is 10.5. The fourth-order valence-electron chi connectivity index (χ4n) is 2.61. The van der Waals surface area contributed by atoms with Crippen LogP contribution in [0.5, 0.6) is 0 Å². The van der Waals surface area contributed by atoms with E-state index < -0.39 is 7.60 Å². The molecular formula is C20H20FN4O4P. The van der Waals surface area contributed by atoms with Gasteiger partial charge in [-0.15, -0.1) is 10.2 Å². The monoisotopic (exact) mass is 430 g/mol. The molecule has 10 heteroatoms. The second-order valence-corrected chi connectivity index (χ2v) is 8.46. The summed E-state index contributed by atoms with van der Waals surface area (Å²) in [5.41, 5.74) is 1.99. The molecule has 0 atom stereocenters. The number of nitrogens with one attached hydrogen (secondary N) is 1. The van der Waals surface area contributed by atoms with Gasteiger partial charge in [0.15, 0.2) is 5.82 Å². The van der Waals surface area contributed by atoms with Gasteiger partial charge >= 0.3 is 7.60 Å². The lowest BCUT2D eigenvalue weighted by Gasteiger charge is -2.13. The molecule has 0 radical (unpaired) electrons. The van der Waals surface area contributed by atoms with Gasteiger partial charge in [0.25, 0.3) is 0 Å². The molecule has 3 rings (SSSR count). The summed E-state index contributed by atoms with van der Waals surface area (Å²) >= 11 is 0. The second-order valence-electron chi connectivity index (χ2n) is 6.19. The quantitative estimate of drug-likeness (QED) is 0.428. The van der Waals surface area contributed by atoms with Gasteiger partial charge in [-0.1, -0.05) is 12.1 Å². The minimum atomic E-state index is -3.15. The molecule has 1 aromatic heterocycles. The first-order valence-corrected chi connectivity index (χ1v) is 10.6. The van der Waals surface area contributed by atoms with E-state index in [1.165, 1.54) is 44.8 Å². The molecule has 3 aromatic rings. The summed E-state index contributed by atoms with van der Waals surface area (Å²) in [6, 6.07) is 12.7. The second kappa shape index (κ2) is 9.58. The smallest absolute Gasteiger partial charge is 0.323 e. The first-order chi connectivity index (χ1) is 14.4. The zero-order valence-corrected chi connectivity index (χ0v) is 17.3. The van der Waals surface area contributed by atoms with Gasteiger partial charge in [-0.05, 0) is 48.0 Å². The highest BCUT2D eigenvalue weighted by atomic mass is 31.2. The van der Waals surface area contributed by atoms with Gasteiger partial charge in [0.2, 0.25) is 5.91 Å². The Hall–Kier alpha value is -3.13. The zero-order valence-electron chi connectivity index (χ0n) is 16.4. The number of rotatable bonds is 8. The third-order valence-corrected chi connectivity index (χ3v) is 6.08. The summed E-state index contributed by atoms with van der Waals surface area (Å²) < 4.78 is 36.7. The standard InChI is InChI=1S/C20H20FN4O4P/c1-28-30(27,29-2)13-15-3-7-17(8-4-15)23-20(26)12-11-19-24-22-14-25(19)18-9-5-16(21)6-10-18/h3-12,14H,13H2,1-2H3,(H,23,26). The van der Waals surface area contributed by atoms with Crippen LogP contribution in [-0.4, -0.2) is 34.9 Å². The highest BCUT2D eigenvalue weighted by Gasteiger charge is 2.21. The first-order valence-electron chi connectivity index (χ1n) is 8.87. The number of amides is 1. The van der Waals surface area contributed by atoms with Crippen molar-refractivity contribution < 1.29 is 22.8 Å². The average molecular weight is 430 g/mol. The topological polar surface area (TPSA) is 95.3 Å². The Morgan fingerprint density at radius 1 is 1.13 bits per heavy atom. The van der Waals surface area contributed by atoms with Crippen molar-refractivity contribution in [2.24, 2.45) is 0 Å². The number of hydrogen-bond donors (Lipinski definition) is 1. The minimum absolute atomic E-state index is 0.132. The van der Waals surface area contributed by atoms with E-state index in [9.17, 15) is 13.8 Å². The summed E-state index contributed by atoms with van der Waals surface area (Å²) in [7, 11) is -0.481. The predicted octanol–water partition coefficient (Wildman–Crippen LogP) is 4.04. The molecule has 0 fully saturated rings. The Labute approximate surface area is 172 Å². The highest BCUT2D eigenvalue weighted by Crippen LogP contribution is 2.49. The van der Waals surface area contributed by atoms with Crippen molar-refractivity contribution in [1.29, 1.82) is 0 Å². The van der Waals surface area contributed by atoms with E-state index in [1.54, 1.807) is 41.0 Å². The molecule has 2 aromatic carbocycles. The third kappa shape index (κ3) is 5.48. The van der Waals surface area contributed by atoms with Crippen LogP contribution in [-0.2, 0) is 24.6 Å². The summed E-state index contributed by atoms with van der Waals surface area (Å²) in [4.78, 5) is 12.2. The summed E-state index contributed by atoms with van der Waals surface area (Å²) in [6.07, 6.45) is 4.44. The molecule has 156 valence electrons. The van der Waals surface area contributed by atoms with E-state index in [4.69, 9.17) is 9.05 Å². The molecule has 1 heterocycles. The number of aromatic nitrogens is 3. The summed E-state index contributed by atoms with van der Waals surface area (Å²) in [6.45, 7) is 0. The molecule has 0 spiro atoms. The lowest BCUT2D eigenvalue weighted by Crippen LogP contribution is -2.08. The number of halogens is 1. The minimum Gasteiger partial charge on any atom is -0.323 e. The molecule has 0 saturated carbocycles. The van der Waals surface area contributed by atoms with E-state index in [2.05, 4.69) is 15.5 Å². The molecule has 30 heavy (non-hydrogen) atoms. The van der Waals surface area contributed by atoms with Crippen molar-refractivity contribution >= 4 is 25.3 Å². The van der Waals surface area contributed by atoms with Crippen LogP contribution in [0.1, 0.15) is 11.4 Å². The Kier molecular flexibility index (Phi) is 6.89. The van der Waals surface area contributed by atoms with Crippen LogP contribution in [0.25, 0.3) is 11.8 Å². The van der Waals surface area contributed by atoms with E-state index in [-0.39, 0.29) is 17.9 Å². The van der Waals surface area contributed by atoms with Crippen molar-refractivity contribution in [2.45, 2.75) is 6.16 Å². The first kappa shape index (κ1) is 21.6. The molecule has 1 amide bonds. The number of anilines is 1. The Balaban J connectivity index is 1.64. The van der Waals surface area contributed by atoms with Crippen LogP contribution in [0.2, 0.25) is 0 Å². The Morgan fingerprint density at radius 3 is 2.43 bits per heavy atom. The van der Waals surface area contributed by atoms with E-state index in [0.29, 0.717) is 17.2 Å². The van der Waals surface area contributed by atoms with Gasteiger partial charge < -0.3 is 14.4 Å². The number of hydrogen-bond acceptors (Lipinski definition) is 6. The van der Waals surface area contributed by atoms with E-state index in [1.807, 2.05) is 0 Å². The van der Waals surface area contributed by atoms with Crippen LogP contribution in [0.3, 0.4) is 0 Å². The molecule has 0 saturated heterocycles. The van der Waals surface area contributed by atoms with Crippen LogP contribution in [0.15, 0.2) is 60.9 Å². The van der Waals surface area contributed by atoms with Gasteiger partial charge in [0, 0.05) is 31.7 Å². The number of carbonyl (C=O) groups is 1. The predicted molar refractivity (Wildman–Crippen MR) is 111 cm³/mol. The maximum absolute atomic E-state index is 13.1. The van der Waals surface area contributed by atoms with Crippen LogP contribution in [0, 0.1) is 5.82 Å². The van der Waals surface area contributed by atoms with E-state index >= 15 is 0 Å². The molecule has 1 N–H and O–H groups in total. The van der Waals surface area contributed by atoms with Crippen molar-refractivity contribution in [3.63, 3.8) is 0 Å². The fourth-order valence-corrected chi connectivity index (χ4v) is 3.68. The number of benzene rings is 2. The van der Waals surface area contributed by atoms with Crippen molar-refractivity contribution in [2.75, 3.05) is 19.5 Å². The molecule has 0 aliphatic rings. The molecule has 0 unspecified atom stereocenters. The Bertz CT molecular complexity index is 1070. The number of carbonyl (C=O) groups excluding carboxylic acids is 1. The maximum Gasteiger partial charge on any atom is 0.334 e. The van der Waals surface area contributed by atoms with Crippen LogP contribution >= 0.6 is 7.60 Å². The zero-order chi connectivity index (χ0) is 21.6. The van der Waals surface area contributed by atoms with Crippen molar-refractivity contribution in [3.05, 3.63) is 78.1 Å². The lowest BCUT2D eigenvalue weighted by atomic mass is 10.2. The van der Waals surface area contributed by atoms with Gasteiger partial charge in [0.05, 0.1) is 6.16 Å². The fraction of sp³-hybridized carbons (Fsp3) is 0.150. The normalized spacial score (nSPS) is 11.7. The lowest BCUT2D eigenvalue weighted by molar-refractivity contribution is -0.111. The highest BCUT2D eigenvalue weighted by molar-refractivity contribution is 7.52. The average Bonchev–Trinajstić information content (AvgIpc) is 3.23. The molecule has 0 aliphatic carbocycles. The summed E-state index contributed by atoms with van der Waals surface area (Å²) in [5.74, 6) is -0.292. The SMILES string of the molecule is COP(=O)(Cc1ccc(NC(=O)C=Cc2nncn2-c2ccc(F)cc2)cc1)OC. The molecule has 0 bridgehead atoms. The maximum atomic E-state index is 13.1. The van der Waals surface area contributed by atoms with Gasteiger partial charge in [-0.3, -0.25) is 13.9 Å². The largest absolute Gasteiger partial charge is 0.334 e. The molecule has 8 nitrogen and oxygen atoms in total. The number of nitrogens with zero attached hydrogens (tertiary/aromatic N) is 3. The van der Waals surface area contributed by atoms with Crippen LogP contribution in [0.4, 0.5) is 10.1 Å². The van der Waals surface area contributed by atoms with E-state index in [0.717, 1.165) is 5.56 Å². The molecule has 0 aliphatic heterocycles. The van der Waals surface area contributed by atoms with Gasteiger partial charge in [0.1, 0.15) is 12.1 Å².